The summed E-state index contributed by atoms with van der Waals surface area (Å²) >= 11 is 0. The molecule has 19 heavy (non-hydrogen) atoms. The Balaban J connectivity index is 2.05. The van der Waals surface area contributed by atoms with E-state index in [4.69, 9.17) is 10.2 Å². The Labute approximate surface area is 111 Å². The Morgan fingerprint density at radius 2 is 2.16 bits per heavy atom. The van der Waals surface area contributed by atoms with Crippen LogP contribution in [0.15, 0.2) is 16.7 Å². The number of hydrogen-bond donors (Lipinski definition) is 2. The maximum Gasteiger partial charge on any atom is 0.255 e. The van der Waals surface area contributed by atoms with E-state index in [1.165, 1.54) is 6.20 Å². The minimum absolute atomic E-state index is 0.223. The van der Waals surface area contributed by atoms with Crippen molar-refractivity contribution in [3.05, 3.63) is 40.9 Å². The van der Waals surface area contributed by atoms with E-state index in [2.05, 4.69) is 15.3 Å². The topological polar surface area (TPSA) is 94.0 Å². The normalized spacial score (nSPS) is 10.5. The number of nitrogen functional groups attached to an aromatic ring is 1. The smallest absolute Gasteiger partial charge is 0.255 e. The molecule has 2 heterocycles. The first-order valence-electron chi connectivity index (χ1n) is 5.90. The van der Waals surface area contributed by atoms with Crippen LogP contribution < -0.4 is 11.1 Å². The van der Waals surface area contributed by atoms with Gasteiger partial charge in [0.25, 0.3) is 5.91 Å². The molecule has 6 nitrogen and oxygen atoms in total. The number of aryl methyl sites for hydroxylation is 3. The second-order valence-corrected chi connectivity index (χ2v) is 4.34. The van der Waals surface area contributed by atoms with Crippen molar-refractivity contribution in [3.63, 3.8) is 0 Å². The predicted molar refractivity (Wildman–Crippen MR) is 70.5 cm³/mol. The lowest BCUT2D eigenvalue weighted by Gasteiger charge is -2.06. The second kappa shape index (κ2) is 5.09. The molecule has 0 unspecified atom stereocenters. The van der Waals surface area contributed by atoms with Crippen LogP contribution in [0.1, 0.15) is 33.4 Å². The zero-order chi connectivity index (χ0) is 14.0. The molecule has 0 radical (unpaired) electrons. The van der Waals surface area contributed by atoms with Crippen LogP contribution in [0.3, 0.4) is 0 Å². The van der Waals surface area contributed by atoms with Gasteiger partial charge in [0.05, 0.1) is 17.8 Å². The first kappa shape index (κ1) is 13.1. The maximum absolute atomic E-state index is 11.9. The van der Waals surface area contributed by atoms with Crippen LogP contribution in [-0.4, -0.2) is 15.9 Å². The molecule has 0 aliphatic rings. The van der Waals surface area contributed by atoms with Crippen molar-refractivity contribution in [1.82, 2.24) is 15.3 Å². The van der Waals surface area contributed by atoms with Crippen LogP contribution in [0.5, 0.6) is 0 Å². The number of carbonyl (C=O) groups is 1. The lowest BCUT2D eigenvalue weighted by Crippen LogP contribution is -2.24. The highest BCUT2D eigenvalue weighted by Gasteiger charge is 2.12. The van der Waals surface area contributed by atoms with Gasteiger partial charge in [-0.1, -0.05) is 0 Å². The molecule has 2 aromatic rings. The van der Waals surface area contributed by atoms with Gasteiger partial charge in [0, 0.05) is 17.6 Å². The first-order valence-corrected chi connectivity index (χ1v) is 5.90. The fraction of sp³-hybridized carbons (Fsp3) is 0.308. The molecule has 2 aromatic heterocycles. The highest BCUT2D eigenvalue weighted by Crippen LogP contribution is 2.12. The summed E-state index contributed by atoms with van der Waals surface area (Å²) in [5.74, 6) is 0.932. The van der Waals surface area contributed by atoms with Crippen LogP contribution >= 0.6 is 0 Å². The average Bonchev–Trinajstić information content (AvgIpc) is 2.66. The van der Waals surface area contributed by atoms with Crippen molar-refractivity contribution in [2.45, 2.75) is 27.3 Å². The number of amides is 1. The van der Waals surface area contributed by atoms with Gasteiger partial charge in [0.1, 0.15) is 5.76 Å². The molecule has 2 rings (SSSR count). The summed E-state index contributed by atoms with van der Waals surface area (Å²) in [6.07, 6.45) is 1.46. The third-order valence-electron chi connectivity index (χ3n) is 2.79. The number of nitrogens with zero attached hydrogens (tertiary/aromatic N) is 2. The molecule has 0 saturated heterocycles. The van der Waals surface area contributed by atoms with E-state index >= 15 is 0 Å². The SMILES string of the molecule is Cc1cc(N)c(C(=O)NCc2nc(C)c(C)o2)cn1. The summed E-state index contributed by atoms with van der Waals surface area (Å²) in [7, 11) is 0. The molecule has 0 atom stereocenters. The van der Waals surface area contributed by atoms with Crippen molar-refractivity contribution in [3.8, 4) is 0 Å². The van der Waals surface area contributed by atoms with Gasteiger partial charge < -0.3 is 15.5 Å². The summed E-state index contributed by atoms with van der Waals surface area (Å²) < 4.78 is 5.38. The van der Waals surface area contributed by atoms with Gasteiger partial charge in [0.2, 0.25) is 5.89 Å². The van der Waals surface area contributed by atoms with Crippen molar-refractivity contribution in [1.29, 1.82) is 0 Å². The van der Waals surface area contributed by atoms with E-state index < -0.39 is 0 Å². The van der Waals surface area contributed by atoms with Crippen LogP contribution in [0.2, 0.25) is 0 Å². The summed E-state index contributed by atoms with van der Waals surface area (Å²) in [5.41, 5.74) is 8.13. The van der Waals surface area contributed by atoms with Crippen molar-refractivity contribution in [2.75, 3.05) is 5.73 Å². The van der Waals surface area contributed by atoms with Crippen LogP contribution in [0.4, 0.5) is 5.69 Å². The maximum atomic E-state index is 11.9. The monoisotopic (exact) mass is 260 g/mol. The Morgan fingerprint density at radius 3 is 2.74 bits per heavy atom. The van der Waals surface area contributed by atoms with Gasteiger partial charge in [-0.2, -0.15) is 0 Å². The summed E-state index contributed by atoms with van der Waals surface area (Å²) in [4.78, 5) is 20.2. The van der Waals surface area contributed by atoms with Gasteiger partial charge in [-0.25, -0.2) is 4.98 Å². The number of nitrogens with one attached hydrogen (secondary N) is 1. The number of oxazole rings is 1. The molecule has 0 saturated carbocycles. The quantitative estimate of drug-likeness (QED) is 0.872. The van der Waals surface area contributed by atoms with Gasteiger partial charge in [-0.05, 0) is 26.8 Å². The molecule has 0 aliphatic heterocycles. The lowest BCUT2D eigenvalue weighted by atomic mass is 10.2. The molecule has 0 aromatic carbocycles. The van der Waals surface area contributed by atoms with Gasteiger partial charge >= 0.3 is 0 Å². The molecular formula is C13H16N4O2. The van der Waals surface area contributed by atoms with Crippen LogP contribution in [0.25, 0.3) is 0 Å². The Hall–Kier alpha value is -2.37. The van der Waals surface area contributed by atoms with Crippen molar-refractivity contribution < 1.29 is 9.21 Å². The number of pyridine rings is 1. The minimum Gasteiger partial charge on any atom is -0.444 e. The molecular weight excluding hydrogens is 244 g/mol. The summed E-state index contributed by atoms with van der Waals surface area (Å²) in [5, 5.41) is 2.70. The zero-order valence-corrected chi connectivity index (χ0v) is 11.2. The molecule has 0 aliphatic carbocycles. The molecule has 3 N–H and O–H groups in total. The van der Waals surface area contributed by atoms with E-state index in [-0.39, 0.29) is 12.5 Å². The summed E-state index contributed by atoms with van der Waals surface area (Å²) in [6, 6.07) is 1.66. The first-order chi connectivity index (χ1) is 8.97. The second-order valence-electron chi connectivity index (χ2n) is 4.34. The third kappa shape index (κ3) is 2.90. The number of hydrogen-bond acceptors (Lipinski definition) is 5. The van der Waals surface area contributed by atoms with E-state index in [1.54, 1.807) is 6.07 Å². The number of nitrogens with two attached hydrogens (primary N) is 1. The Bertz CT molecular complexity index is 600. The van der Waals surface area contributed by atoms with E-state index in [1.807, 2.05) is 20.8 Å². The molecule has 100 valence electrons. The highest BCUT2D eigenvalue weighted by atomic mass is 16.4. The highest BCUT2D eigenvalue weighted by molar-refractivity contribution is 5.98. The number of carbonyl (C=O) groups excluding carboxylic acids is 1. The molecule has 0 spiro atoms. The lowest BCUT2D eigenvalue weighted by molar-refractivity contribution is 0.0947. The fourth-order valence-corrected chi connectivity index (χ4v) is 1.64. The fourth-order valence-electron chi connectivity index (χ4n) is 1.64. The van der Waals surface area contributed by atoms with E-state index in [0.717, 1.165) is 17.1 Å². The predicted octanol–water partition coefficient (Wildman–Crippen LogP) is 1.51. The van der Waals surface area contributed by atoms with Crippen LogP contribution in [-0.2, 0) is 6.54 Å². The standard InChI is InChI=1S/C13H16N4O2/c1-7-4-11(14)10(5-15-7)13(18)16-6-12-17-8(2)9(3)19-12/h4-5H,6H2,1-3H3,(H2,14,15)(H,16,18). The molecule has 6 heteroatoms. The Morgan fingerprint density at radius 1 is 1.42 bits per heavy atom. The van der Waals surface area contributed by atoms with Gasteiger partial charge in [-0.3, -0.25) is 9.78 Å². The van der Waals surface area contributed by atoms with Crippen LogP contribution in [0, 0.1) is 20.8 Å². The number of aromatic nitrogens is 2. The number of rotatable bonds is 3. The largest absolute Gasteiger partial charge is 0.444 e. The molecule has 1 amide bonds. The zero-order valence-electron chi connectivity index (χ0n) is 11.2. The molecule has 0 fully saturated rings. The number of anilines is 1. The van der Waals surface area contributed by atoms with Crippen molar-refractivity contribution in [2.24, 2.45) is 0 Å². The minimum atomic E-state index is -0.293. The van der Waals surface area contributed by atoms with Gasteiger partial charge in [-0.15, -0.1) is 0 Å². The average molecular weight is 260 g/mol. The van der Waals surface area contributed by atoms with E-state index in [9.17, 15) is 4.79 Å². The van der Waals surface area contributed by atoms with E-state index in [0.29, 0.717) is 17.1 Å². The molecule has 0 bridgehead atoms. The van der Waals surface area contributed by atoms with Crippen molar-refractivity contribution >= 4 is 11.6 Å². The third-order valence-corrected chi connectivity index (χ3v) is 2.79. The Kier molecular flexibility index (Phi) is 3.50. The summed E-state index contributed by atoms with van der Waals surface area (Å²) in [6.45, 7) is 5.72. The van der Waals surface area contributed by atoms with Gasteiger partial charge in [0.15, 0.2) is 0 Å².